The van der Waals surface area contributed by atoms with Crippen LogP contribution in [-0.2, 0) is 15.4 Å². The molecule has 0 amide bonds. The van der Waals surface area contributed by atoms with E-state index in [1.807, 2.05) is 0 Å². The number of aryl methyl sites for hydroxylation is 1. The maximum Gasteiger partial charge on any atom is 0.156 e. The molecule has 0 radical (unpaired) electrons. The standard InChI is InChI=1S/C14H17FO3S/c1-9-6-10(2-5-13(9)15)14(16)7-11-3-4-12(8-14)19(11,17)18/h2,5-6,11-12,16H,3-4,7-8H2,1H3. The van der Waals surface area contributed by atoms with E-state index in [0.29, 0.717) is 24.0 Å². The summed E-state index contributed by atoms with van der Waals surface area (Å²) in [6.45, 7) is 1.65. The fourth-order valence-corrected chi connectivity index (χ4v) is 5.91. The number of aliphatic hydroxyl groups is 1. The van der Waals surface area contributed by atoms with Gasteiger partial charge >= 0.3 is 0 Å². The van der Waals surface area contributed by atoms with E-state index in [1.54, 1.807) is 19.1 Å². The highest BCUT2D eigenvalue weighted by molar-refractivity contribution is 7.93. The van der Waals surface area contributed by atoms with Gasteiger partial charge in [-0.05, 0) is 49.8 Å². The molecular formula is C14H17FO3S. The molecule has 2 saturated heterocycles. The van der Waals surface area contributed by atoms with Crippen molar-refractivity contribution in [3.63, 3.8) is 0 Å². The molecule has 2 fully saturated rings. The van der Waals surface area contributed by atoms with Gasteiger partial charge in [0.05, 0.1) is 16.1 Å². The number of fused-ring (bicyclic) bond motifs is 2. The summed E-state index contributed by atoms with van der Waals surface area (Å²) in [6, 6.07) is 4.54. The lowest BCUT2D eigenvalue weighted by molar-refractivity contribution is 0.0172. The Hall–Kier alpha value is -0.940. The number of benzene rings is 1. The van der Waals surface area contributed by atoms with E-state index in [1.165, 1.54) is 6.07 Å². The van der Waals surface area contributed by atoms with Crippen LogP contribution in [0.25, 0.3) is 0 Å². The predicted molar refractivity (Wildman–Crippen MR) is 70.0 cm³/mol. The van der Waals surface area contributed by atoms with Crippen molar-refractivity contribution in [3.05, 3.63) is 35.1 Å². The summed E-state index contributed by atoms with van der Waals surface area (Å²) in [5.74, 6) is -0.307. The molecule has 1 aromatic rings. The SMILES string of the molecule is Cc1cc(C2(O)CC3CCC(C2)S3(=O)=O)ccc1F. The van der Waals surface area contributed by atoms with Crippen LogP contribution in [0.1, 0.15) is 36.8 Å². The second-order valence-electron chi connectivity index (χ2n) is 5.81. The molecule has 2 aliphatic heterocycles. The average molecular weight is 284 g/mol. The van der Waals surface area contributed by atoms with Crippen molar-refractivity contribution in [1.29, 1.82) is 0 Å². The molecule has 19 heavy (non-hydrogen) atoms. The Labute approximate surface area is 112 Å². The quantitative estimate of drug-likeness (QED) is 0.859. The summed E-state index contributed by atoms with van der Waals surface area (Å²) in [5.41, 5.74) is -0.0137. The Bertz CT molecular complexity index is 604. The third kappa shape index (κ3) is 1.91. The van der Waals surface area contributed by atoms with Gasteiger partial charge in [-0.2, -0.15) is 0 Å². The third-order valence-electron chi connectivity index (χ3n) is 4.57. The zero-order valence-electron chi connectivity index (χ0n) is 10.8. The van der Waals surface area contributed by atoms with Crippen LogP contribution in [0.4, 0.5) is 4.39 Å². The van der Waals surface area contributed by atoms with Gasteiger partial charge in [-0.15, -0.1) is 0 Å². The van der Waals surface area contributed by atoms with Crippen LogP contribution in [-0.4, -0.2) is 24.0 Å². The van der Waals surface area contributed by atoms with Crippen LogP contribution in [0.5, 0.6) is 0 Å². The van der Waals surface area contributed by atoms with E-state index in [9.17, 15) is 17.9 Å². The molecule has 0 spiro atoms. The molecule has 0 aromatic heterocycles. The highest BCUT2D eigenvalue weighted by Gasteiger charge is 2.53. The second-order valence-corrected chi connectivity index (χ2v) is 8.33. The largest absolute Gasteiger partial charge is 0.385 e. The smallest absolute Gasteiger partial charge is 0.156 e. The van der Waals surface area contributed by atoms with Crippen LogP contribution >= 0.6 is 0 Å². The molecule has 1 aromatic carbocycles. The molecule has 104 valence electrons. The second kappa shape index (κ2) is 4.03. The molecule has 0 saturated carbocycles. The summed E-state index contributed by atoms with van der Waals surface area (Å²) in [7, 11) is -3.06. The van der Waals surface area contributed by atoms with E-state index in [-0.39, 0.29) is 18.7 Å². The van der Waals surface area contributed by atoms with E-state index in [2.05, 4.69) is 0 Å². The summed E-state index contributed by atoms with van der Waals surface area (Å²) in [6.07, 6.45) is 1.73. The van der Waals surface area contributed by atoms with Gasteiger partial charge < -0.3 is 5.11 Å². The van der Waals surface area contributed by atoms with Crippen molar-refractivity contribution in [2.45, 2.75) is 48.7 Å². The van der Waals surface area contributed by atoms with Gasteiger partial charge in [0.1, 0.15) is 5.82 Å². The first-order valence-corrected chi connectivity index (χ1v) is 8.15. The minimum atomic E-state index is -3.06. The minimum Gasteiger partial charge on any atom is -0.385 e. The summed E-state index contributed by atoms with van der Waals surface area (Å²) in [5, 5.41) is 9.90. The van der Waals surface area contributed by atoms with Crippen molar-refractivity contribution >= 4 is 9.84 Å². The molecular weight excluding hydrogens is 267 g/mol. The maximum atomic E-state index is 13.3. The number of hydrogen-bond acceptors (Lipinski definition) is 3. The first-order valence-electron chi connectivity index (χ1n) is 6.55. The number of hydrogen-bond donors (Lipinski definition) is 1. The van der Waals surface area contributed by atoms with Gasteiger partial charge in [-0.25, -0.2) is 12.8 Å². The van der Waals surface area contributed by atoms with E-state index >= 15 is 0 Å². The Morgan fingerprint density at radius 1 is 1.26 bits per heavy atom. The van der Waals surface area contributed by atoms with Crippen LogP contribution in [0, 0.1) is 12.7 Å². The van der Waals surface area contributed by atoms with Gasteiger partial charge in [0.2, 0.25) is 0 Å². The lowest BCUT2D eigenvalue weighted by atomic mass is 9.85. The molecule has 2 unspecified atom stereocenters. The summed E-state index contributed by atoms with van der Waals surface area (Å²) >= 11 is 0. The Balaban J connectivity index is 1.99. The lowest BCUT2D eigenvalue weighted by Crippen LogP contribution is -2.43. The van der Waals surface area contributed by atoms with Gasteiger partial charge in [0, 0.05) is 0 Å². The molecule has 5 heteroatoms. The lowest BCUT2D eigenvalue weighted by Gasteiger charge is -2.36. The zero-order chi connectivity index (χ0) is 13.8. The zero-order valence-corrected chi connectivity index (χ0v) is 11.6. The molecule has 2 heterocycles. The van der Waals surface area contributed by atoms with Crippen molar-refractivity contribution in [3.8, 4) is 0 Å². The molecule has 3 nitrogen and oxygen atoms in total. The highest BCUT2D eigenvalue weighted by Crippen LogP contribution is 2.47. The van der Waals surface area contributed by atoms with Gasteiger partial charge in [0.15, 0.2) is 9.84 Å². The molecule has 1 N–H and O–H groups in total. The Kier molecular flexibility index (Phi) is 2.77. The first kappa shape index (κ1) is 13.1. The molecule has 3 rings (SSSR count). The topological polar surface area (TPSA) is 54.4 Å². The summed E-state index contributed by atoms with van der Waals surface area (Å²) in [4.78, 5) is 0. The van der Waals surface area contributed by atoms with Crippen LogP contribution < -0.4 is 0 Å². The van der Waals surface area contributed by atoms with Gasteiger partial charge in [0.25, 0.3) is 0 Å². The van der Waals surface area contributed by atoms with Gasteiger partial charge in [-0.1, -0.05) is 12.1 Å². The normalized spacial score (nSPS) is 36.4. The highest BCUT2D eigenvalue weighted by atomic mass is 32.2. The molecule has 2 aliphatic rings. The van der Waals surface area contributed by atoms with E-state index in [4.69, 9.17) is 0 Å². The molecule has 2 atom stereocenters. The summed E-state index contributed by atoms with van der Waals surface area (Å²) < 4.78 is 37.4. The molecule has 0 aliphatic carbocycles. The fourth-order valence-electron chi connectivity index (χ4n) is 3.42. The average Bonchev–Trinajstić information content (AvgIpc) is 2.53. The minimum absolute atomic E-state index is 0.233. The number of rotatable bonds is 1. The van der Waals surface area contributed by atoms with Gasteiger partial charge in [-0.3, -0.25) is 0 Å². The first-order chi connectivity index (χ1) is 8.83. The van der Waals surface area contributed by atoms with E-state index in [0.717, 1.165) is 0 Å². The third-order valence-corrected chi connectivity index (χ3v) is 7.23. The van der Waals surface area contributed by atoms with Crippen molar-refractivity contribution in [2.24, 2.45) is 0 Å². The number of halogens is 1. The number of sulfone groups is 1. The van der Waals surface area contributed by atoms with Crippen molar-refractivity contribution < 1.29 is 17.9 Å². The van der Waals surface area contributed by atoms with Crippen molar-refractivity contribution in [1.82, 2.24) is 0 Å². The Morgan fingerprint density at radius 3 is 2.37 bits per heavy atom. The van der Waals surface area contributed by atoms with Crippen LogP contribution in [0.15, 0.2) is 18.2 Å². The maximum absolute atomic E-state index is 13.3. The Morgan fingerprint density at radius 2 is 1.84 bits per heavy atom. The fraction of sp³-hybridized carbons (Fsp3) is 0.571. The monoisotopic (exact) mass is 284 g/mol. The van der Waals surface area contributed by atoms with E-state index < -0.39 is 25.9 Å². The van der Waals surface area contributed by atoms with Crippen molar-refractivity contribution in [2.75, 3.05) is 0 Å². The predicted octanol–water partition coefficient (Wildman–Crippen LogP) is 2.06. The molecule has 2 bridgehead atoms. The van der Waals surface area contributed by atoms with Crippen LogP contribution in [0.2, 0.25) is 0 Å². The van der Waals surface area contributed by atoms with Crippen LogP contribution in [0.3, 0.4) is 0 Å².